The van der Waals surface area contributed by atoms with Crippen molar-refractivity contribution in [2.45, 2.75) is 37.8 Å². The number of urea groups is 1. The van der Waals surface area contributed by atoms with Crippen LogP contribution in [0.5, 0.6) is 0 Å². The van der Waals surface area contributed by atoms with E-state index < -0.39 is 6.10 Å². The van der Waals surface area contributed by atoms with Crippen molar-refractivity contribution in [2.75, 3.05) is 6.54 Å². The number of aliphatic hydroxyl groups is 1. The normalized spacial score (nSPS) is 21.0. The molecule has 1 aliphatic carbocycles. The van der Waals surface area contributed by atoms with Gasteiger partial charge in [0.25, 0.3) is 0 Å². The second kappa shape index (κ2) is 8.16. The maximum absolute atomic E-state index is 12.2. The van der Waals surface area contributed by atoms with E-state index in [-0.39, 0.29) is 18.6 Å². The number of nitrogens with zero attached hydrogens (tertiary/aromatic N) is 2. The van der Waals surface area contributed by atoms with Crippen LogP contribution in [0.1, 0.15) is 36.5 Å². The van der Waals surface area contributed by atoms with E-state index in [2.05, 4.69) is 40.0 Å². The highest BCUT2D eigenvalue weighted by Gasteiger charge is 2.28. The Morgan fingerprint density at radius 2 is 2.16 bits per heavy atom. The lowest BCUT2D eigenvalue weighted by Gasteiger charge is -2.22. The van der Waals surface area contributed by atoms with E-state index in [0.717, 1.165) is 25.7 Å². The largest absolute Gasteiger partial charge is 0.386 e. The molecule has 134 valence electrons. The first kappa shape index (κ1) is 17.5. The van der Waals surface area contributed by atoms with Gasteiger partial charge in [-0.25, -0.2) is 4.79 Å². The van der Waals surface area contributed by atoms with Gasteiger partial charge in [0.05, 0.1) is 12.3 Å². The Bertz CT molecular complexity index is 686. The number of hydrogen-bond acceptors (Lipinski definition) is 3. The van der Waals surface area contributed by atoms with Gasteiger partial charge in [0.2, 0.25) is 0 Å². The molecule has 1 aromatic heterocycles. The van der Waals surface area contributed by atoms with E-state index in [4.69, 9.17) is 0 Å². The van der Waals surface area contributed by atoms with Crippen molar-refractivity contribution in [3.63, 3.8) is 0 Å². The van der Waals surface area contributed by atoms with E-state index in [1.165, 1.54) is 5.56 Å². The van der Waals surface area contributed by atoms with Gasteiger partial charge < -0.3 is 15.7 Å². The molecular weight excluding hydrogens is 316 g/mol. The molecule has 3 N–H and O–H groups in total. The summed E-state index contributed by atoms with van der Waals surface area (Å²) >= 11 is 0. The number of nitrogens with one attached hydrogen (secondary N) is 2. The zero-order valence-electron chi connectivity index (χ0n) is 14.6. The lowest BCUT2D eigenvalue weighted by atomic mass is 9.95. The monoisotopic (exact) mass is 342 g/mol. The van der Waals surface area contributed by atoms with Crippen LogP contribution in [0.3, 0.4) is 0 Å². The van der Waals surface area contributed by atoms with Crippen molar-refractivity contribution in [1.29, 1.82) is 0 Å². The summed E-state index contributed by atoms with van der Waals surface area (Å²) in [5.41, 5.74) is 2.01. The van der Waals surface area contributed by atoms with Crippen molar-refractivity contribution in [2.24, 2.45) is 13.0 Å². The van der Waals surface area contributed by atoms with Crippen LogP contribution in [0.4, 0.5) is 4.79 Å². The molecule has 0 bridgehead atoms. The van der Waals surface area contributed by atoms with E-state index in [0.29, 0.717) is 11.5 Å². The molecule has 2 amide bonds. The average Bonchev–Trinajstić information content (AvgIpc) is 3.23. The van der Waals surface area contributed by atoms with Gasteiger partial charge in [-0.3, -0.25) is 4.68 Å². The van der Waals surface area contributed by atoms with Gasteiger partial charge in [-0.05, 0) is 30.7 Å². The standard InChI is InChI=1S/C19H26N4O2/c1-23-13-16(11-21-23)18(24)12-20-19(25)22-17-9-5-8-15(17)10-14-6-3-2-4-7-14/h2-4,6-7,11,13,15,17-18,24H,5,8-10,12H2,1H3,(H2,20,22,25). The molecule has 1 aliphatic rings. The number of hydrogen-bond donors (Lipinski definition) is 3. The average molecular weight is 342 g/mol. The lowest BCUT2D eigenvalue weighted by molar-refractivity contribution is 0.172. The lowest BCUT2D eigenvalue weighted by Crippen LogP contribution is -2.45. The third-order valence-electron chi connectivity index (χ3n) is 4.88. The number of carbonyl (C=O) groups excluding carboxylic acids is 1. The summed E-state index contributed by atoms with van der Waals surface area (Å²) in [6.07, 6.45) is 6.89. The van der Waals surface area contributed by atoms with Gasteiger partial charge in [0.15, 0.2) is 0 Å². The van der Waals surface area contributed by atoms with E-state index >= 15 is 0 Å². The molecule has 3 unspecified atom stereocenters. The predicted molar refractivity (Wildman–Crippen MR) is 96.0 cm³/mol. The van der Waals surface area contributed by atoms with Crippen LogP contribution in [-0.4, -0.2) is 33.5 Å². The summed E-state index contributed by atoms with van der Waals surface area (Å²) in [6.45, 7) is 0.174. The first-order valence-electron chi connectivity index (χ1n) is 8.86. The summed E-state index contributed by atoms with van der Waals surface area (Å²) < 4.78 is 1.63. The van der Waals surface area contributed by atoms with Crippen molar-refractivity contribution in [1.82, 2.24) is 20.4 Å². The fourth-order valence-corrected chi connectivity index (χ4v) is 3.53. The molecule has 0 radical (unpaired) electrons. The Kier molecular flexibility index (Phi) is 5.71. The van der Waals surface area contributed by atoms with E-state index in [1.54, 1.807) is 24.1 Å². The van der Waals surface area contributed by atoms with Crippen LogP contribution >= 0.6 is 0 Å². The van der Waals surface area contributed by atoms with Crippen LogP contribution in [0.2, 0.25) is 0 Å². The quantitative estimate of drug-likeness (QED) is 0.753. The molecule has 3 rings (SSSR count). The number of aliphatic hydroxyl groups excluding tert-OH is 1. The number of aromatic nitrogens is 2. The molecule has 2 aromatic rings. The third-order valence-corrected chi connectivity index (χ3v) is 4.88. The predicted octanol–water partition coefficient (Wildman–Crippen LogP) is 2.16. The molecule has 1 aromatic carbocycles. The Morgan fingerprint density at radius 3 is 2.88 bits per heavy atom. The Labute approximate surface area is 148 Å². The molecule has 25 heavy (non-hydrogen) atoms. The first-order chi connectivity index (χ1) is 12.1. The van der Waals surface area contributed by atoms with Crippen molar-refractivity contribution >= 4 is 6.03 Å². The van der Waals surface area contributed by atoms with Gasteiger partial charge in [-0.2, -0.15) is 5.10 Å². The van der Waals surface area contributed by atoms with Crippen LogP contribution < -0.4 is 10.6 Å². The van der Waals surface area contributed by atoms with Crippen molar-refractivity contribution in [3.8, 4) is 0 Å². The highest BCUT2D eigenvalue weighted by atomic mass is 16.3. The van der Waals surface area contributed by atoms with Crippen molar-refractivity contribution in [3.05, 3.63) is 53.9 Å². The molecule has 6 heteroatoms. The summed E-state index contributed by atoms with van der Waals surface area (Å²) in [5, 5.41) is 20.0. The van der Waals surface area contributed by atoms with Gasteiger partial charge >= 0.3 is 6.03 Å². The summed E-state index contributed by atoms with van der Waals surface area (Å²) in [6, 6.07) is 10.4. The van der Waals surface area contributed by atoms with Gasteiger partial charge in [-0.1, -0.05) is 36.8 Å². The Hall–Kier alpha value is -2.34. The highest BCUT2D eigenvalue weighted by molar-refractivity contribution is 5.74. The van der Waals surface area contributed by atoms with Crippen LogP contribution in [0.25, 0.3) is 0 Å². The molecule has 1 heterocycles. The highest BCUT2D eigenvalue weighted by Crippen LogP contribution is 2.28. The Balaban J connectivity index is 1.46. The molecule has 1 saturated carbocycles. The number of rotatable bonds is 6. The van der Waals surface area contributed by atoms with Crippen molar-refractivity contribution < 1.29 is 9.90 Å². The minimum atomic E-state index is -0.747. The van der Waals surface area contributed by atoms with E-state index in [1.807, 2.05) is 6.07 Å². The SMILES string of the molecule is Cn1cc(C(O)CNC(=O)NC2CCCC2Cc2ccccc2)cn1. The summed E-state index contributed by atoms with van der Waals surface area (Å²) in [7, 11) is 1.79. The first-order valence-corrected chi connectivity index (χ1v) is 8.86. The smallest absolute Gasteiger partial charge is 0.315 e. The number of carbonyl (C=O) groups is 1. The second-order valence-electron chi connectivity index (χ2n) is 6.80. The molecule has 0 spiro atoms. The fourth-order valence-electron chi connectivity index (χ4n) is 3.53. The number of amides is 2. The molecule has 0 saturated heterocycles. The minimum Gasteiger partial charge on any atom is -0.386 e. The topological polar surface area (TPSA) is 79.2 Å². The Morgan fingerprint density at radius 1 is 1.36 bits per heavy atom. The van der Waals surface area contributed by atoms with E-state index in [9.17, 15) is 9.90 Å². The van der Waals surface area contributed by atoms with Crippen LogP contribution in [-0.2, 0) is 13.5 Å². The maximum atomic E-state index is 12.2. The summed E-state index contributed by atoms with van der Waals surface area (Å²) in [5.74, 6) is 0.469. The maximum Gasteiger partial charge on any atom is 0.315 e. The summed E-state index contributed by atoms with van der Waals surface area (Å²) in [4.78, 5) is 12.2. The second-order valence-corrected chi connectivity index (χ2v) is 6.80. The van der Waals surface area contributed by atoms with Gasteiger partial charge in [0.1, 0.15) is 0 Å². The molecule has 1 fully saturated rings. The van der Waals surface area contributed by atoms with Crippen LogP contribution in [0.15, 0.2) is 42.7 Å². The van der Waals surface area contributed by atoms with Gasteiger partial charge in [-0.15, -0.1) is 0 Å². The molecule has 6 nitrogen and oxygen atoms in total. The fraction of sp³-hybridized carbons (Fsp3) is 0.474. The molecular formula is C19H26N4O2. The molecule has 0 aliphatic heterocycles. The van der Waals surface area contributed by atoms with Crippen LogP contribution in [0, 0.1) is 5.92 Å². The zero-order valence-corrected chi connectivity index (χ0v) is 14.6. The third kappa shape index (κ3) is 4.82. The zero-order chi connectivity index (χ0) is 17.6. The number of benzene rings is 1. The minimum absolute atomic E-state index is 0.174. The van der Waals surface area contributed by atoms with Gasteiger partial charge in [0, 0.05) is 31.4 Å². The molecule has 3 atom stereocenters. The number of aryl methyl sites for hydroxylation is 1.